The Labute approximate surface area is 182 Å². The van der Waals surface area contributed by atoms with Crippen molar-refractivity contribution in [3.63, 3.8) is 0 Å². The van der Waals surface area contributed by atoms with Crippen LogP contribution in [0.1, 0.15) is 11.1 Å². The predicted octanol–water partition coefficient (Wildman–Crippen LogP) is 3.13. The summed E-state index contributed by atoms with van der Waals surface area (Å²) < 4.78 is 54.7. The van der Waals surface area contributed by atoms with Crippen LogP contribution in [0.3, 0.4) is 0 Å². The molecule has 0 saturated carbocycles. The topological polar surface area (TPSA) is 74.8 Å². The van der Waals surface area contributed by atoms with Crippen molar-refractivity contribution < 1.29 is 26.8 Å². The summed E-state index contributed by atoms with van der Waals surface area (Å²) in [6.07, 6.45) is 0. The van der Waals surface area contributed by atoms with Gasteiger partial charge in [0.15, 0.2) is 9.84 Å². The molecule has 2 aliphatic rings. The van der Waals surface area contributed by atoms with Gasteiger partial charge in [-0.25, -0.2) is 17.2 Å². The molecule has 1 saturated heterocycles. The molecule has 0 N–H and O–H groups in total. The zero-order valence-corrected chi connectivity index (χ0v) is 17.4. The molecule has 2 amide bonds. The average molecular weight is 454 g/mol. The Morgan fingerprint density at radius 1 is 0.875 bits per heavy atom. The van der Waals surface area contributed by atoms with E-state index in [-0.39, 0.29) is 29.0 Å². The standard InChI is InChI=1S/C23H16F2N2O4S/c24-16-9-11-17(12-10-16)27-21(28)14-32(30,31)23(27)18-6-2-4-8-20(18)26(22(23)29)13-15-5-1-3-7-19(15)25/h1-12H,13-14H2/t23-/m1/s1. The second kappa shape index (κ2) is 6.96. The summed E-state index contributed by atoms with van der Waals surface area (Å²) in [6, 6.07) is 16.8. The van der Waals surface area contributed by atoms with Crippen molar-refractivity contribution in [2.24, 2.45) is 0 Å². The molecule has 2 aliphatic heterocycles. The second-order valence-electron chi connectivity index (χ2n) is 7.61. The summed E-state index contributed by atoms with van der Waals surface area (Å²) in [4.78, 5) is 26.6. The first kappa shape index (κ1) is 20.3. The molecular weight excluding hydrogens is 438 g/mol. The zero-order valence-electron chi connectivity index (χ0n) is 16.5. The fourth-order valence-electron chi connectivity index (χ4n) is 4.44. The molecule has 3 aromatic carbocycles. The highest BCUT2D eigenvalue weighted by atomic mass is 32.2. The number of nitrogens with zero attached hydrogens (tertiary/aromatic N) is 2. The monoisotopic (exact) mass is 454 g/mol. The quantitative estimate of drug-likeness (QED) is 0.610. The Balaban J connectivity index is 1.74. The molecule has 2 heterocycles. The number of para-hydroxylation sites is 1. The number of carbonyl (C=O) groups excluding carboxylic acids is 2. The molecule has 1 fully saturated rings. The maximum absolute atomic E-state index is 14.4. The van der Waals surface area contributed by atoms with Crippen molar-refractivity contribution in [3.8, 4) is 0 Å². The van der Waals surface area contributed by atoms with Crippen LogP contribution in [-0.2, 0) is 30.8 Å². The molecule has 0 aliphatic carbocycles. The van der Waals surface area contributed by atoms with Crippen LogP contribution >= 0.6 is 0 Å². The van der Waals surface area contributed by atoms with Crippen LogP contribution in [0.2, 0.25) is 0 Å². The highest BCUT2D eigenvalue weighted by molar-refractivity contribution is 7.94. The predicted molar refractivity (Wildman–Crippen MR) is 113 cm³/mol. The van der Waals surface area contributed by atoms with Crippen LogP contribution < -0.4 is 9.80 Å². The number of hydrogen-bond donors (Lipinski definition) is 0. The van der Waals surface area contributed by atoms with Gasteiger partial charge in [-0.05, 0) is 36.4 Å². The van der Waals surface area contributed by atoms with Crippen molar-refractivity contribution in [2.45, 2.75) is 11.4 Å². The van der Waals surface area contributed by atoms with E-state index in [2.05, 4.69) is 0 Å². The number of benzene rings is 3. The molecule has 0 unspecified atom stereocenters. The van der Waals surface area contributed by atoms with E-state index in [1.54, 1.807) is 24.3 Å². The molecule has 32 heavy (non-hydrogen) atoms. The van der Waals surface area contributed by atoms with E-state index in [0.717, 1.165) is 17.0 Å². The Bertz CT molecular complexity index is 1370. The molecule has 162 valence electrons. The lowest BCUT2D eigenvalue weighted by molar-refractivity contribution is -0.123. The fraction of sp³-hybridized carbons (Fsp3) is 0.130. The van der Waals surface area contributed by atoms with Crippen molar-refractivity contribution in [2.75, 3.05) is 15.6 Å². The number of anilines is 2. The van der Waals surface area contributed by atoms with Gasteiger partial charge in [-0.3, -0.25) is 14.5 Å². The highest BCUT2D eigenvalue weighted by Gasteiger charge is 2.69. The highest BCUT2D eigenvalue weighted by Crippen LogP contribution is 2.52. The van der Waals surface area contributed by atoms with E-state index in [1.165, 1.54) is 41.3 Å². The summed E-state index contributed by atoms with van der Waals surface area (Å²) >= 11 is 0. The minimum absolute atomic E-state index is 0.0772. The summed E-state index contributed by atoms with van der Waals surface area (Å²) in [5.41, 5.74) is 0.652. The van der Waals surface area contributed by atoms with Gasteiger partial charge in [0.05, 0.1) is 12.2 Å². The van der Waals surface area contributed by atoms with Gasteiger partial charge in [0.25, 0.3) is 10.8 Å². The van der Waals surface area contributed by atoms with E-state index in [0.29, 0.717) is 0 Å². The normalized spacial score (nSPS) is 21.4. The van der Waals surface area contributed by atoms with Gasteiger partial charge in [0.2, 0.25) is 5.91 Å². The van der Waals surface area contributed by atoms with E-state index >= 15 is 0 Å². The van der Waals surface area contributed by atoms with Gasteiger partial charge in [0.1, 0.15) is 17.4 Å². The molecule has 0 radical (unpaired) electrons. The van der Waals surface area contributed by atoms with Gasteiger partial charge in [-0.15, -0.1) is 0 Å². The molecule has 0 bridgehead atoms. The van der Waals surface area contributed by atoms with Crippen LogP contribution in [0.5, 0.6) is 0 Å². The fourth-order valence-corrected chi connectivity index (χ4v) is 6.47. The Hall–Kier alpha value is -3.59. The van der Waals surface area contributed by atoms with E-state index < -0.39 is 43.9 Å². The number of sulfone groups is 1. The van der Waals surface area contributed by atoms with Crippen molar-refractivity contribution >= 4 is 33.0 Å². The third kappa shape index (κ3) is 2.64. The smallest absolute Gasteiger partial charge is 0.274 e. The molecule has 0 aromatic heterocycles. The lowest BCUT2D eigenvalue weighted by Crippen LogP contribution is -2.54. The van der Waals surface area contributed by atoms with Crippen LogP contribution in [-0.4, -0.2) is 26.0 Å². The van der Waals surface area contributed by atoms with Crippen molar-refractivity contribution in [3.05, 3.63) is 95.6 Å². The molecule has 3 aromatic rings. The van der Waals surface area contributed by atoms with Crippen molar-refractivity contribution in [1.29, 1.82) is 0 Å². The van der Waals surface area contributed by atoms with E-state index in [1.807, 2.05) is 0 Å². The van der Waals surface area contributed by atoms with Crippen LogP contribution in [0, 0.1) is 11.6 Å². The number of hydrogen-bond acceptors (Lipinski definition) is 4. The van der Waals surface area contributed by atoms with Crippen LogP contribution in [0.25, 0.3) is 0 Å². The summed E-state index contributed by atoms with van der Waals surface area (Å²) in [6.45, 7) is -0.217. The largest absolute Gasteiger partial charge is 0.304 e. The van der Waals surface area contributed by atoms with Gasteiger partial charge >= 0.3 is 0 Å². The number of amides is 2. The van der Waals surface area contributed by atoms with E-state index in [9.17, 15) is 26.8 Å². The average Bonchev–Trinajstić information content (AvgIpc) is 3.13. The minimum Gasteiger partial charge on any atom is -0.304 e. The molecule has 5 rings (SSSR count). The third-order valence-corrected chi connectivity index (χ3v) is 7.90. The SMILES string of the molecule is O=C1CS(=O)(=O)[C@]2(C(=O)N(Cc3ccccc3F)c3ccccc32)N1c1ccc(F)cc1. The van der Waals surface area contributed by atoms with Gasteiger partial charge in [0, 0.05) is 16.8 Å². The van der Waals surface area contributed by atoms with Crippen molar-refractivity contribution in [1.82, 2.24) is 0 Å². The number of halogens is 2. The molecule has 1 spiro atoms. The Kier molecular flexibility index (Phi) is 4.42. The third-order valence-electron chi connectivity index (χ3n) is 5.79. The van der Waals surface area contributed by atoms with Gasteiger partial charge in [-0.1, -0.05) is 36.4 Å². The number of rotatable bonds is 3. The maximum atomic E-state index is 14.4. The van der Waals surface area contributed by atoms with Crippen LogP contribution in [0.4, 0.5) is 20.2 Å². The summed E-state index contributed by atoms with van der Waals surface area (Å²) in [5, 5.41) is 0. The molecule has 6 nitrogen and oxygen atoms in total. The first-order valence-electron chi connectivity index (χ1n) is 9.73. The summed E-state index contributed by atoms with van der Waals surface area (Å²) in [7, 11) is -4.34. The molecule has 1 atom stereocenters. The zero-order chi connectivity index (χ0) is 22.7. The van der Waals surface area contributed by atoms with E-state index in [4.69, 9.17) is 0 Å². The van der Waals surface area contributed by atoms with Gasteiger partial charge < -0.3 is 4.90 Å². The first-order chi connectivity index (χ1) is 15.3. The lowest BCUT2D eigenvalue weighted by atomic mass is 10.0. The minimum atomic E-state index is -4.34. The van der Waals surface area contributed by atoms with Crippen LogP contribution in [0.15, 0.2) is 72.8 Å². The summed E-state index contributed by atoms with van der Waals surface area (Å²) in [5.74, 6) is -3.67. The molecule has 9 heteroatoms. The first-order valence-corrected chi connectivity index (χ1v) is 11.4. The maximum Gasteiger partial charge on any atom is 0.274 e. The molecular formula is C23H16F2N2O4S. The number of fused-ring (bicyclic) bond motifs is 2. The number of carbonyl (C=O) groups is 2. The van der Waals surface area contributed by atoms with Gasteiger partial charge in [-0.2, -0.15) is 0 Å². The Morgan fingerprint density at radius 3 is 2.25 bits per heavy atom. The Morgan fingerprint density at radius 2 is 1.53 bits per heavy atom. The lowest BCUT2D eigenvalue weighted by Gasteiger charge is -2.32. The second-order valence-corrected chi connectivity index (χ2v) is 9.72.